The van der Waals surface area contributed by atoms with Crippen LogP contribution in [0.15, 0.2) is 60.9 Å². The van der Waals surface area contributed by atoms with Crippen molar-refractivity contribution in [2.24, 2.45) is 0 Å². The third-order valence-corrected chi connectivity index (χ3v) is 4.45. The fraction of sp³-hybridized carbons (Fsp3) is 0.182. The monoisotopic (exact) mass is 404 g/mol. The number of hydrogen-bond acceptors (Lipinski definition) is 5. The van der Waals surface area contributed by atoms with Gasteiger partial charge in [0, 0.05) is 11.7 Å². The van der Waals surface area contributed by atoms with E-state index in [0.717, 1.165) is 24.1 Å². The molecule has 3 rings (SSSR count). The Hall–Kier alpha value is -3.83. The van der Waals surface area contributed by atoms with Gasteiger partial charge in [0.1, 0.15) is 11.9 Å². The van der Waals surface area contributed by atoms with Gasteiger partial charge in [-0.2, -0.15) is 5.26 Å². The van der Waals surface area contributed by atoms with E-state index in [1.165, 1.54) is 24.5 Å². The number of hydrogen-bond donors (Lipinski definition) is 3. The highest BCUT2D eigenvalue weighted by atomic mass is 19.1. The Labute approximate surface area is 174 Å². The Morgan fingerprint density at radius 1 is 1.07 bits per heavy atom. The maximum atomic E-state index is 13.0. The number of amides is 2. The molecule has 0 radical (unpaired) electrons. The standard InChI is InChI=1S/C22H21FN6O/c1-15(17-4-6-18(23)7-5-17)25-11-10-16-2-8-19(9-3-16)28-22(30)29-21-14-26-20(12-24)13-27-21/h2-9,13-15,25H,10-11H2,1H3,(H2,27,28,29,30)/t15-/m0/s1. The van der Waals surface area contributed by atoms with Crippen molar-refractivity contribution in [3.8, 4) is 6.07 Å². The maximum absolute atomic E-state index is 13.0. The summed E-state index contributed by atoms with van der Waals surface area (Å²) in [5.74, 6) is 0.0163. The van der Waals surface area contributed by atoms with Gasteiger partial charge in [-0.1, -0.05) is 24.3 Å². The summed E-state index contributed by atoms with van der Waals surface area (Å²) in [5.41, 5.74) is 2.98. The van der Waals surface area contributed by atoms with Gasteiger partial charge in [-0.3, -0.25) is 5.32 Å². The fourth-order valence-electron chi connectivity index (χ4n) is 2.79. The van der Waals surface area contributed by atoms with Gasteiger partial charge in [0.2, 0.25) is 0 Å². The molecule has 30 heavy (non-hydrogen) atoms. The van der Waals surface area contributed by atoms with Crippen LogP contribution in [0.1, 0.15) is 29.8 Å². The van der Waals surface area contributed by atoms with Crippen molar-refractivity contribution < 1.29 is 9.18 Å². The minimum Gasteiger partial charge on any atom is -0.310 e. The van der Waals surface area contributed by atoms with Gasteiger partial charge in [0.15, 0.2) is 11.5 Å². The van der Waals surface area contributed by atoms with Crippen molar-refractivity contribution in [3.63, 3.8) is 0 Å². The predicted octanol–water partition coefficient (Wildman–Crippen LogP) is 4.02. The molecule has 2 amide bonds. The molecular formula is C22H21FN6O. The Balaban J connectivity index is 1.44. The van der Waals surface area contributed by atoms with Crippen molar-refractivity contribution in [2.75, 3.05) is 17.2 Å². The molecule has 0 aliphatic heterocycles. The summed E-state index contributed by atoms with van der Waals surface area (Å²) >= 11 is 0. The molecule has 3 aromatic rings. The van der Waals surface area contributed by atoms with E-state index in [4.69, 9.17) is 5.26 Å². The smallest absolute Gasteiger partial charge is 0.310 e. The Morgan fingerprint density at radius 3 is 2.43 bits per heavy atom. The van der Waals surface area contributed by atoms with E-state index in [-0.39, 0.29) is 23.4 Å². The molecule has 152 valence electrons. The van der Waals surface area contributed by atoms with E-state index in [1.807, 2.05) is 37.3 Å². The number of nitrogens with zero attached hydrogens (tertiary/aromatic N) is 3. The summed E-state index contributed by atoms with van der Waals surface area (Å²) in [6, 6.07) is 15.6. The number of benzene rings is 2. The largest absolute Gasteiger partial charge is 0.324 e. The van der Waals surface area contributed by atoms with Gasteiger partial charge in [0.05, 0.1) is 12.4 Å². The van der Waals surface area contributed by atoms with Crippen LogP contribution in [-0.2, 0) is 6.42 Å². The SMILES string of the molecule is C[C@H](NCCc1ccc(NC(=O)Nc2cnc(C#N)cn2)cc1)c1ccc(F)cc1. The minimum atomic E-state index is -0.448. The lowest BCUT2D eigenvalue weighted by Crippen LogP contribution is -2.21. The predicted molar refractivity (Wildman–Crippen MR) is 112 cm³/mol. The number of nitriles is 1. The van der Waals surface area contributed by atoms with Crippen LogP contribution in [0.3, 0.4) is 0 Å². The molecule has 0 fully saturated rings. The van der Waals surface area contributed by atoms with Gasteiger partial charge >= 0.3 is 6.03 Å². The van der Waals surface area contributed by atoms with Gasteiger partial charge in [-0.25, -0.2) is 19.2 Å². The second-order valence-electron chi connectivity index (χ2n) is 6.65. The number of urea groups is 1. The van der Waals surface area contributed by atoms with Crippen LogP contribution in [0.25, 0.3) is 0 Å². The molecule has 3 N–H and O–H groups in total. The topological polar surface area (TPSA) is 103 Å². The van der Waals surface area contributed by atoms with E-state index in [1.54, 1.807) is 12.1 Å². The van der Waals surface area contributed by atoms with Gasteiger partial charge < -0.3 is 10.6 Å². The average Bonchev–Trinajstić information content (AvgIpc) is 2.76. The molecule has 1 atom stereocenters. The maximum Gasteiger partial charge on any atom is 0.324 e. The number of aromatic nitrogens is 2. The number of carbonyl (C=O) groups excluding carboxylic acids is 1. The molecule has 0 saturated carbocycles. The van der Waals surface area contributed by atoms with E-state index in [9.17, 15) is 9.18 Å². The molecule has 1 heterocycles. The summed E-state index contributed by atoms with van der Waals surface area (Å²) in [7, 11) is 0. The van der Waals surface area contributed by atoms with Gasteiger partial charge in [-0.05, 0) is 55.3 Å². The molecule has 0 aliphatic rings. The van der Waals surface area contributed by atoms with Crippen molar-refractivity contribution in [3.05, 3.63) is 83.6 Å². The Kier molecular flexibility index (Phi) is 7.03. The second kappa shape index (κ2) is 10.1. The second-order valence-corrected chi connectivity index (χ2v) is 6.65. The van der Waals surface area contributed by atoms with Crippen LogP contribution in [-0.4, -0.2) is 22.5 Å². The third-order valence-electron chi connectivity index (χ3n) is 4.45. The molecule has 1 aromatic heterocycles. The summed E-state index contributed by atoms with van der Waals surface area (Å²) < 4.78 is 13.0. The van der Waals surface area contributed by atoms with Crippen LogP contribution < -0.4 is 16.0 Å². The number of anilines is 2. The van der Waals surface area contributed by atoms with Crippen LogP contribution in [0.2, 0.25) is 0 Å². The highest BCUT2D eigenvalue weighted by molar-refractivity contribution is 5.99. The van der Waals surface area contributed by atoms with E-state index in [2.05, 4.69) is 25.9 Å². The van der Waals surface area contributed by atoms with Crippen LogP contribution >= 0.6 is 0 Å². The summed E-state index contributed by atoms with van der Waals surface area (Å²) in [5, 5.41) is 17.4. The first-order chi connectivity index (χ1) is 14.5. The Morgan fingerprint density at radius 2 is 1.80 bits per heavy atom. The molecule has 7 nitrogen and oxygen atoms in total. The zero-order valence-electron chi connectivity index (χ0n) is 16.4. The van der Waals surface area contributed by atoms with Crippen molar-refractivity contribution >= 4 is 17.5 Å². The van der Waals surface area contributed by atoms with E-state index < -0.39 is 6.03 Å². The first kappa shape index (κ1) is 20.9. The number of nitrogens with one attached hydrogen (secondary N) is 3. The molecule has 0 aliphatic carbocycles. The van der Waals surface area contributed by atoms with Crippen molar-refractivity contribution in [1.29, 1.82) is 5.26 Å². The minimum absolute atomic E-state index is 0.126. The average molecular weight is 404 g/mol. The lowest BCUT2D eigenvalue weighted by atomic mass is 10.1. The number of rotatable bonds is 7. The summed E-state index contributed by atoms with van der Waals surface area (Å²) in [4.78, 5) is 19.8. The highest BCUT2D eigenvalue weighted by Gasteiger charge is 2.06. The van der Waals surface area contributed by atoms with Crippen molar-refractivity contribution in [2.45, 2.75) is 19.4 Å². The fourth-order valence-corrected chi connectivity index (χ4v) is 2.79. The lowest BCUT2D eigenvalue weighted by Gasteiger charge is -2.14. The van der Waals surface area contributed by atoms with Gasteiger partial charge in [0.25, 0.3) is 0 Å². The summed E-state index contributed by atoms with van der Waals surface area (Å²) in [6.45, 7) is 2.81. The van der Waals surface area contributed by atoms with Crippen LogP contribution in [0, 0.1) is 17.1 Å². The molecule has 0 unspecified atom stereocenters. The first-order valence-electron chi connectivity index (χ1n) is 9.41. The molecule has 0 spiro atoms. The van der Waals surface area contributed by atoms with Gasteiger partial charge in [-0.15, -0.1) is 0 Å². The lowest BCUT2D eigenvalue weighted by molar-refractivity contribution is 0.262. The third kappa shape index (κ3) is 6.09. The molecular weight excluding hydrogens is 383 g/mol. The number of halogens is 1. The van der Waals surface area contributed by atoms with E-state index in [0.29, 0.717) is 5.69 Å². The molecule has 0 saturated heterocycles. The zero-order valence-corrected chi connectivity index (χ0v) is 16.4. The quantitative estimate of drug-likeness (QED) is 0.552. The van der Waals surface area contributed by atoms with Crippen molar-refractivity contribution in [1.82, 2.24) is 15.3 Å². The molecule has 0 bridgehead atoms. The summed E-state index contributed by atoms with van der Waals surface area (Å²) in [6.07, 6.45) is 3.43. The number of carbonyl (C=O) groups is 1. The zero-order chi connectivity index (χ0) is 21.3. The molecule has 8 heteroatoms. The normalized spacial score (nSPS) is 11.4. The van der Waals surface area contributed by atoms with E-state index >= 15 is 0 Å². The molecule has 2 aromatic carbocycles. The first-order valence-corrected chi connectivity index (χ1v) is 9.41. The highest BCUT2D eigenvalue weighted by Crippen LogP contribution is 2.14. The Bertz CT molecular complexity index is 1010. The van der Waals surface area contributed by atoms with Crippen LogP contribution in [0.4, 0.5) is 20.7 Å². The van der Waals surface area contributed by atoms with Crippen LogP contribution in [0.5, 0.6) is 0 Å².